The largest absolute Gasteiger partial charge is 0.481 e. The first kappa shape index (κ1) is 20.6. The van der Waals surface area contributed by atoms with Crippen molar-refractivity contribution < 1.29 is 19.5 Å². The monoisotopic (exact) mass is 389 g/mol. The molecule has 3 N–H and O–H groups in total. The van der Waals surface area contributed by atoms with E-state index < -0.39 is 5.97 Å². The molecular weight excluding hydrogens is 366 g/mol. The van der Waals surface area contributed by atoms with Gasteiger partial charge in [0, 0.05) is 17.5 Å². The van der Waals surface area contributed by atoms with E-state index in [1.165, 1.54) is 11.3 Å². The van der Waals surface area contributed by atoms with E-state index in [4.69, 9.17) is 5.11 Å². The first-order chi connectivity index (χ1) is 12.6. The SMILES string of the molecule is CC(C)(C)c1ccc(C(=O)Nc2nc(CC(=O)NCCC(=O)O)cs2)cc1. The normalized spacial score (nSPS) is 11.1. The number of carboxylic acids is 1. The van der Waals surface area contributed by atoms with Crippen LogP contribution in [0.25, 0.3) is 0 Å². The molecule has 0 spiro atoms. The summed E-state index contributed by atoms with van der Waals surface area (Å²) in [5.74, 6) is -1.54. The number of hydrogen-bond acceptors (Lipinski definition) is 5. The van der Waals surface area contributed by atoms with Crippen LogP contribution in [-0.2, 0) is 21.4 Å². The van der Waals surface area contributed by atoms with Gasteiger partial charge in [0.2, 0.25) is 5.91 Å². The fourth-order valence-corrected chi connectivity index (χ4v) is 2.98. The van der Waals surface area contributed by atoms with Gasteiger partial charge in [-0.05, 0) is 23.1 Å². The molecule has 0 aliphatic carbocycles. The Morgan fingerprint density at radius 1 is 1.15 bits per heavy atom. The Bertz CT molecular complexity index is 822. The molecule has 7 nitrogen and oxygen atoms in total. The molecular formula is C19H23N3O4S. The second-order valence-electron chi connectivity index (χ2n) is 7.10. The van der Waals surface area contributed by atoms with Crippen molar-refractivity contribution in [1.82, 2.24) is 10.3 Å². The predicted molar refractivity (Wildman–Crippen MR) is 104 cm³/mol. The van der Waals surface area contributed by atoms with Gasteiger partial charge in [0.05, 0.1) is 18.5 Å². The molecule has 27 heavy (non-hydrogen) atoms. The third-order valence-electron chi connectivity index (χ3n) is 3.79. The molecule has 0 saturated carbocycles. The Balaban J connectivity index is 1.90. The van der Waals surface area contributed by atoms with Gasteiger partial charge in [0.25, 0.3) is 5.91 Å². The minimum absolute atomic E-state index is 0.0181. The summed E-state index contributed by atoms with van der Waals surface area (Å²) in [6, 6.07) is 7.42. The predicted octanol–water partition coefficient (Wildman–Crippen LogP) is 2.83. The van der Waals surface area contributed by atoms with Crippen LogP contribution in [0.2, 0.25) is 0 Å². The number of carboxylic acid groups (broad SMARTS) is 1. The lowest BCUT2D eigenvalue weighted by atomic mass is 9.87. The smallest absolute Gasteiger partial charge is 0.305 e. The fourth-order valence-electron chi connectivity index (χ4n) is 2.27. The third kappa shape index (κ3) is 6.49. The Kier molecular flexibility index (Phi) is 6.68. The fraction of sp³-hybridized carbons (Fsp3) is 0.368. The molecule has 0 atom stereocenters. The van der Waals surface area contributed by atoms with Crippen LogP contribution in [0.5, 0.6) is 0 Å². The minimum atomic E-state index is -0.968. The molecule has 0 radical (unpaired) electrons. The summed E-state index contributed by atoms with van der Waals surface area (Å²) in [6.45, 7) is 6.40. The van der Waals surface area contributed by atoms with Gasteiger partial charge >= 0.3 is 5.97 Å². The van der Waals surface area contributed by atoms with Gasteiger partial charge in [-0.2, -0.15) is 0 Å². The average Bonchev–Trinajstić information content (AvgIpc) is 3.00. The van der Waals surface area contributed by atoms with E-state index >= 15 is 0 Å². The summed E-state index contributed by atoms with van der Waals surface area (Å²) in [6.07, 6.45) is -0.0929. The summed E-state index contributed by atoms with van der Waals surface area (Å²) >= 11 is 1.23. The van der Waals surface area contributed by atoms with E-state index in [2.05, 4.69) is 36.4 Å². The molecule has 0 bridgehead atoms. The molecule has 8 heteroatoms. The van der Waals surface area contributed by atoms with E-state index in [-0.39, 0.29) is 36.6 Å². The standard InChI is InChI=1S/C19H23N3O4S/c1-19(2,3)13-6-4-12(5-7-13)17(26)22-18-21-14(11-27-18)10-15(23)20-9-8-16(24)25/h4-7,11H,8-10H2,1-3H3,(H,20,23)(H,24,25)(H,21,22,26). The molecule has 2 amide bonds. The van der Waals surface area contributed by atoms with E-state index in [0.29, 0.717) is 16.4 Å². The maximum Gasteiger partial charge on any atom is 0.305 e. The number of aliphatic carboxylic acids is 1. The van der Waals surface area contributed by atoms with Crippen LogP contribution >= 0.6 is 11.3 Å². The van der Waals surface area contributed by atoms with Gasteiger partial charge in [-0.3, -0.25) is 19.7 Å². The molecule has 0 aliphatic rings. The maximum atomic E-state index is 12.3. The van der Waals surface area contributed by atoms with Crippen molar-refractivity contribution in [2.75, 3.05) is 11.9 Å². The maximum absolute atomic E-state index is 12.3. The van der Waals surface area contributed by atoms with Crippen molar-refractivity contribution in [3.63, 3.8) is 0 Å². The Morgan fingerprint density at radius 3 is 2.41 bits per heavy atom. The lowest BCUT2D eigenvalue weighted by Gasteiger charge is -2.18. The van der Waals surface area contributed by atoms with Crippen molar-refractivity contribution in [3.05, 3.63) is 46.5 Å². The quantitative estimate of drug-likeness (QED) is 0.675. The molecule has 1 aromatic carbocycles. The second-order valence-corrected chi connectivity index (χ2v) is 7.95. The zero-order valence-corrected chi connectivity index (χ0v) is 16.4. The van der Waals surface area contributed by atoms with E-state index in [1.807, 2.05) is 12.1 Å². The molecule has 1 aromatic heterocycles. The highest BCUT2D eigenvalue weighted by molar-refractivity contribution is 7.14. The van der Waals surface area contributed by atoms with Crippen LogP contribution in [-0.4, -0.2) is 34.4 Å². The van der Waals surface area contributed by atoms with E-state index in [1.54, 1.807) is 17.5 Å². The van der Waals surface area contributed by atoms with Crippen molar-refractivity contribution in [3.8, 4) is 0 Å². The van der Waals surface area contributed by atoms with Gasteiger partial charge in [0.1, 0.15) is 0 Å². The Labute approximate surface area is 161 Å². The molecule has 0 aliphatic heterocycles. The van der Waals surface area contributed by atoms with Crippen LogP contribution in [0.1, 0.15) is 48.8 Å². The van der Waals surface area contributed by atoms with Gasteiger partial charge < -0.3 is 10.4 Å². The summed E-state index contributed by atoms with van der Waals surface area (Å²) in [7, 11) is 0. The third-order valence-corrected chi connectivity index (χ3v) is 4.59. The number of anilines is 1. The summed E-state index contributed by atoms with van der Waals surface area (Å²) < 4.78 is 0. The zero-order valence-electron chi connectivity index (χ0n) is 15.5. The van der Waals surface area contributed by atoms with Crippen molar-refractivity contribution in [2.45, 2.75) is 39.0 Å². The van der Waals surface area contributed by atoms with Crippen molar-refractivity contribution in [1.29, 1.82) is 0 Å². The minimum Gasteiger partial charge on any atom is -0.481 e. The van der Waals surface area contributed by atoms with E-state index in [9.17, 15) is 14.4 Å². The lowest BCUT2D eigenvalue weighted by Crippen LogP contribution is -2.27. The molecule has 0 fully saturated rings. The molecule has 2 rings (SSSR count). The van der Waals surface area contributed by atoms with Crippen LogP contribution < -0.4 is 10.6 Å². The molecule has 1 heterocycles. The first-order valence-corrected chi connectivity index (χ1v) is 9.38. The Hall–Kier alpha value is -2.74. The summed E-state index contributed by atoms with van der Waals surface area (Å²) in [4.78, 5) is 38.7. The number of carbonyl (C=O) groups is 3. The molecule has 2 aromatic rings. The zero-order chi connectivity index (χ0) is 20.0. The molecule has 0 unspecified atom stereocenters. The van der Waals surface area contributed by atoms with Crippen LogP contribution in [0.4, 0.5) is 5.13 Å². The van der Waals surface area contributed by atoms with Crippen LogP contribution in [0.15, 0.2) is 29.6 Å². The Morgan fingerprint density at radius 2 is 1.81 bits per heavy atom. The highest BCUT2D eigenvalue weighted by Crippen LogP contribution is 2.23. The number of rotatable bonds is 7. The van der Waals surface area contributed by atoms with Crippen molar-refractivity contribution >= 4 is 34.3 Å². The highest BCUT2D eigenvalue weighted by Gasteiger charge is 2.15. The molecule has 144 valence electrons. The number of nitrogens with zero attached hydrogens (tertiary/aromatic N) is 1. The van der Waals surface area contributed by atoms with Gasteiger partial charge in [-0.1, -0.05) is 32.9 Å². The van der Waals surface area contributed by atoms with Gasteiger partial charge in [-0.15, -0.1) is 11.3 Å². The van der Waals surface area contributed by atoms with E-state index in [0.717, 1.165) is 5.56 Å². The number of benzene rings is 1. The number of aromatic nitrogens is 1. The topological polar surface area (TPSA) is 108 Å². The lowest BCUT2D eigenvalue weighted by molar-refractivity contribution is -0.136. The number of hydrogen-bond donors (Lipinski definition) is 3. The second kappa shape index (κ2) is 8.77. The summed E-state index contributed by atoms with van der Waals surface area (Å²) in [5, 5.41) is 15.9. The van der Waals surface area contributed by atoms with Gasteiger partial charge in [0.15, 0.2) is 5.13 Å². The highest BCUT2D eigenvalue weighted by atomic mass is 32.1. The first-order valence-electron chi connectivity index (χ1n) is 8.50. The molecule has 0 saturated heterocycles. The number of thiazole rings is 1. The van der Waals surface area contributed by atoms with Crippen LogP contribution in [0, 0.1) is 0 Å². The summed E-state index contributed by atoms with van der Waals surface area (Å²) in [5.41, 5.74) is 2.21. The van der Waals surface area contributed by atoms with Gasteiger partial charge in [-0.25, -0.2) is 4.98 Å². The number of amides is 2. The number of carbonyl (C=O) groups excluding carboxylic acids is 2. The average molecular weight is 389 g/mol. The van der Waals surface area contributed by atoms with Crippen LogP contribution in [0.3, 0.4) is 0 Å². The number of nitrogens with one attached hydrogen (secondary N) is 2. The van der Waals surface area contributed by atoms with Crippen molar-refractivity contribution in [2.24, 2.45) is 0 Å².